The Bertz CT molecular complexity index is 269. The van der Waals surface area contributed by atoms with Crippen LogP contribution in [0, 0.1) is 19.8 Å². The zero-order valence-electron chi connectivity index (χ0n) is 9.85. The Balaban J connectivity index is 2.46. The van der Waals surface area contributed by atoms with Crippen LogP contribution in [0.5, 0.6) is 0 Å². The lowest BCUT2D eigenvalue weighted by Crippen LogP contribution is -2.29. The molecule has 2 heteroatoms. The van der Waals surface area contributed by atoms with Crippen LogP contribution in [-0.2, 0) is 6.54 Å². The highest BCUT2D eigenvalue weighted by Gasteiger charge is 2.07. The monoisotopic (exact) mass is 211 g/mol. The smallest absolute Gasteiger partial charge is 0.0302 e. The van der Waals surface area contributed by atoms with Gasteiger partial charge in [0.05, 0.1) is 0 Å². The molecule has 1 atom stereocenters. The molecule has 0 saturated heterocycles. The number of hydrogen-bond acceptors (Lipinski definition) is 2. The topological polar surface area (TPSA) is 12.0 Å². The van der Waals surface area contributed by atoms with E-state index in [0.29, 0.717) is 12.0 Å². The third kappa shape index (κ3) is 3.10. The van der Waals surface area contributed by atoms with Crippen LogP contribution in [0.25, 0.3) is 0 Å². The molecule has 1 nitrogen and oxygen atoms in total. The highest BCUT2D eigenvalue weighted by atomic mass is 32.1. The Kier molecular flexibility index (Phi) is 4.14. The van der Waals surface area contributed by atoms with Crippen molar-refractivity contribution in [1.29, 1.82) is 0 Å². The molecule has 1 aromatic rings. The van der Waals surface area contributed by atoms with Crippen LogP contribution < -0.4 is 5.32 Å². The van der Waals surface area contributed by atoms with Crippen molar-refractivity contribution in [3.8, 4) is 0 Å². The van der Waals surface area contributed by atoms with E-state index in [1.54, 1.807) is 0 Å². The normalized spacial score (nSPS) is 13.6. The lowest BCUT2D eigenvalue weighted by molar-refractivity contribution is 0.427. The SMILES string of the molecule is Cc1cc(CNC(C)C(C)C)sc1C. The Morgan fingerprint density at radius 1 is 1.29 bits per heavy atom. The lowest BCUT2D eigenvalue weighted by Gasteiger charge is -2.16. The van der Waals surface area contributed by atoms with Gasteiger partial charge in [-0.25, -0.2) is 0 Å². The maximum absolute atomic E-state index is 3.55. The molecule has 1 unspecified atom stereocenters. The number of thiophene rings is 1. The number of rotatable bonds is 4. The minimum absolute atomic E-state index is 0.595. The first-order chi connectivity index (χ1) is 6.50. The van der Waals surface area contributed by atoms with Gasteiger partial charge in [0.1, 0.15) is 0 Å². The first kappa shape index (κ1) is 11.7. The minimum atomic E-state index is 0.595. The van der Waals surface area contributed by atoms with Crippen LogP contribution in [0.2, 0.25) is 0 Å². The van der Waals surface area contributed by atoms with E-state index in [-0.39, 0.29) is 0 Å². The van der Waals surface area contributed by atoms with E-state index in [1.807, 2.05) is 11.3 Å². The first-order valence-electron chi connectivity index (χ1n) is 5.30. The fourth-order valence-corrected chi connectivity index (χ4v) is 2.24. The standard InChI is InChI=1S/C12H21NS/c1-8(2)10(4)13-7-12-6-9(3)11(5)14-12/h6,8,10,13H,7H2,1-5H3. The van der Waals surface area contributed by atoms with Crippen molar-refractivity contribution in [3.63, 3.8) is 0 Å². The molecule has 1 N–H and O–H groups in total. The van der Waals surface area contributed by atoms with Crippen molar-refractivity contribution in [2.45, 2.75) is 47.2 Å². The molecule has 0 radical (unpaired) electrons. The van der Waals surface area contributed by atoms with Gasteiger partial charge in [-0.3, -0.25) is 0 Å². The summed E-state index contributed by atoms with van der Waals surface area (Å²) in [6.45, 7) is 12.1. The van der Waals surface area contributed by atoms with E-state index < -0.39 is 0 Å². The van der Waals surface area contributed by atoms with Gasteiger partial charge in [-0.1, -0.05) is 13.8 Å². The zero-order chi connectivity index (χ0) is 10.7. The minimum Gasteiger partial charge on any atom is -0.309 e. The van der Waals surface area contributed by atoms with Crippen LogP contribution in [0.1, 0.15) is 36.1 Å². The third-order valence-corrected chi connectivity index (χ3v) is 3.97. The molecule has 0 bridgehead atoms. The second-order valence-corrected chi connectivity index (χ2v) is 5.71. The summed E-state index contributed by atoms with van der Waals surface area (Å²) in [6.07, 6.45) is 0. The average Bonchev–Trinajstić information content (AvgIpc) is 2.42. The van der Waals surface area contributed by atoms with Crippen LogP contribution >= 0.6 is 11.3 Å². The van der Waals surface area contributed by atoms with Crippen LogP contribution in [0.4, 0.5) is 0 Å². The quantitative estimate of drug-likeness (QED) is 0.804. The molecule has 0 aliphatic heterocycles. The fourth-order valence-electron chi connectivity index (χ4n) is 1.23. The molecule has 1 heterocycles. The number of aryl methyl sites for hydroxylation is 2. The van der Waals surface area contributed by atoms with Gasteiger partial charge in [0, 0.05) is 22.3 Å². The molecule has 80 valence electrons. The van der Waals surface area contributed by atoms with E-state index in [1.165, 1.54) is 15.3 Å². The summed E-state index contributed by atoms with van der Waals surface area (Å²) >= 11 is 1.91. The molecule has 1 rings (SSSR count). The highest BCUT2D eigenvalue weighted by molar-refractivity contribution is 7.12. The summed E-state index contributed by atoms with van der Waals surface area (Å²) in [4.78, 5) is 2.89. The van der Waals surface area contributed by atoms with E-state index >= 15 is 0 Å². The van der Waals surface area contributed by atoms with Gasteiger partial charge < -0.3 is 5.32 Å². The molecule has 0 aromatic carbocycles. The maximum Gasteiger partial charge on any atom is 0.0302 e. The van der Waals surface area contributed by atoms with Crippen molar-refractivity contribution in [2.24, 2.45) is 5.92 Å². The number of nitrogens with one attached hydrogen (secondary N) is 1. The van der Waals surface area contributed by atoms with E-state index in [2.05, 4.69) is 46.0 Å². The molecule has 0 saturated carbocycles. The summed E-state index contributed by atoms with van der Waals surface area (Å²) in [5, 5.41) is 3.55. The van der Waals surface area contributed by atoms with E-state index in [4.69, 9.17) is 0 Å². The van der Waals surface area contributed by atoms with E-state index in [0.717, 1.165) is 6.54 Å². The molecular formula is C12H21NS. The lowest BCUT2D eigenvalue weighted by atomic mass is 10.1. The summed E-state index contributed by atoms with van der Waals surface area (Å²) in [5.41, 5.74) is 1.42. The van der Waals surface area contributed by atoms with Crippen molar-refractivity contribution in [1.82, 2.24) is 5.32 Å². The Hall–Kier alpha value is -0.340. The second kappa shape index (κ2) is 4.94. The Morgan fingerprint density at radius 2 is 1.93 bits per heavy atom. The second-order valence-electron chi connectivity index (χ2n) is 4.37. The molecule has 0 aliphatic carbocycles. The van der Waals surface area contributed by atoms with Crippen LogP contribution in [0.3, 0.4) is 0 Å². The van der Waals surface area contributed by atoms with Crippen LogP contribution in [0.15, 0.2) is 6.07 Å². The molecule has 1 aromatic heterocycles. The molecule has 0 aliphatic rings. The highest BCUT2D eigenvalue weighted by Crippen LogP contribution is 2.20. The fraction of sp³-hybridized carbons (Fsp3) is 0.667. The van der Waals surface area contributed by atoms with Gasteiger partial charge in [0.2, 0.25) is 0 Å². The van der Waals surface area contributed by atoms with Crippen molar-refractivity contribution in [2.75, 3.05) is 0 Å². The predicted molar refractivity (Wildman–Crippen MR) is 64.9 cm³/mol. The van der Waals surface area contributed by atoms with Gasteiger partial charge in [-0.2, -0.15) is 0 Å². The van der Waals surface area contributed by atoms with Gasteiger partial charge in [0.15, 0.2) is 0 Å². The van der Waals surface area contributed by atoms with Gasteiger partial charge in [-0.05, 0) is 38.3 Å². The molecule has 0 spiro atoms. The third-order valence-electron chi connectivity index (χ3n) is 2.82. The zero-order valence-corrected chi connectivity index (χ0v) is 10.7. The van der Waals surface area contributed by atoms with Crippen molar-refractivity contribution in [3.05, 3.63) is 21.4 Å². The van der Waals surface area contributed by atoms with Crippen molar-refractivity contribution >= 4 is 11.3 Å². The van der Waals surface area contributed by atoms with Gasteiger partial charge >= 0.3 is 0 Å². The van der Waals surface area contributed by atoms with Gasteiger partial charge in [-0.15, -0.1) is 11.3 Å². The number of hydrogen-bond donors (Lipinski definition) is 1. The predicted octanol–water partition coefficient (Wildman–Crippen LogP) is 3.50. The summed E-state index contributed by atoms with van der Waals surface area (Å²) in [7, 11) is 0. The Morgan fingerprint density at radius 3 is 2.36 bits per heavy atom. The molecule has 14 heavy (non-hydrogen) atoms. The molecular weight excluding hydrogens is 190 g/mol. The summed E-state index contributed by atoms with van der Waals surface area (Å²) in [5.74, 6) is 0.706. The molecule has 0 amide bonds. The first-order valence-corrected chi connectivity index (χ1v) is 6.11. The summed E-state index contributed by atoms with van der Waals surface area (Å²) < 4.78 is 0. The van der Waals surface area contributed by atoms with Gasteiger partial charge in [0.25, 0.3) is 0 Å². The van der Waals surface area contributed by atoms with Crippen LogP contribution in [-0.4, -0.2) is 6.04 Å². The average molecular weight is 211 g/mol. The Labute approximate surface area is 91.5 Å². The maximum atomic E-state index is 3.55. The largest absolute Gasteiger partial charge is 0.309 e. The van der Waals surface area contributed by atoms with E-state index in [9.17, 15) is 0 Å². The molecule has 0 fully saturated rings. The van der Waals surface area contributed by atoms with Crippen molar-refractivity contribution < 1.29 is 0 Å². The summed E-state index contributed by atoms with van der Waals surface area (Å²) in [6, 6.07) is 2.89.